The Hall–Kier alpha value is -1.00. The van der Waals surface area contributed by atoms with Gasteiger partial charge in [-0.05, 0) is 33.6 Å². The molecule has 4 heteroatoms. The number of hydrogen-bond acceptors (Lipinski definition) is 4. The molecule has 0 bridgehead atoms. The fraction of sp³-hybridized carbons (Fsp3) is 0.692. The van der Waals surface area contributed by atoms with Gasteiger partial charge < -0.3 is 10.4 Å². The molecule has 0 saturated carbocycles. The van der Waals surface area contributed by atoms with E-state index in [1.807, 2.05) is 20.0 Å². The summed E-state index contributed by atoms with van der Waals surface area (Å²) in [6.07, 6.45) is 3.68. The van der Waals surface area contributed by atoms with E-state index in [2.05, 4.69) is 29.1 Å². The molecule has 0 fully saturated rings. The average Bonchev–Trinajstić information content (AvgIpc) is 2.28. The van der Waals surface area contributed by atoms with Crippen LogP contribution < -0.4 is 5.32 Å². The normalized spacial score (nSPS) is 14.6. The summed E-state index contributed by atoms with van der Waals surface area (Å²) >= 11 is 0. The molecule has 0 aliphatic heterocycles. The second-order valence-corrected chi connectivity index (χ2v) is 4.46. The lowest BCUT2D eigenvalue weighted by Crippen LogP contribution is -2.32. The molecular weight excluding hydrogens is 214 g/mol. The molecule has 96 valence electrons. The molecule has 17 heavy (non-hydrogen) atoms. The first-order valence-corrected chi connectivity index (χ1v) is 6.25. The Morgan fingerprint density at radius 1 is 1.41 bits per heavy atom. The summed E-state index contributed by atoms with van der Waals surface area (Å²) in [5.41, 5.74) is 2.16. The van der Waals surface area contributed by atoms with Crippen molar-refractivity contribution < 1.29 is 5.11 Å². The van der Waals surface area contributed by atoms with Gasteiger partial charge in [0.25, 0.3) is 0 Å². The monoisotopic (exact) mass is 237 g/mol. The van der Waals surface area contributed by atoms with Gasteiger partial charge in [0.1, 0.15) is 5.82 Å². The highest BCUT2D eigenvalue weighted by molar-refractivity contribution is 5.19. The SMILES string of the molecule is CCC(CCO)NC(C)c1cnc(C)nc1C. The predicted molar refractivity (Wildman–Crippen MR) is 68.8 cm³/mol. The molecule has 0 spiro atoms. The summed E-state index contributed by atoms with van der Waals surface area (Å²) in [6, 6.07) is 0.558. The van der Waals surface area contributed by atoms with Crippen molar-refractivity contribution in [1.29, 1.82) is 0 Å². The van der Waals surface area contributed by atoms with Crippen molar-refractivity contribution >= 4 is 0 Å². The van der Waals surface area contributed by atoms with Crippen LogP contribution in [0, 0.1) is 13.8 Å². The molecule has 1 aromatic rings. The highest BCUT2D eigenvalue weighted by Gasteiger charge is 2.14. The zero-order valence-electron chi connectivity index (χ0n) is 11.2. The van der Waals surface area contributed by atoms with Gasteiger partial charge in [-0.1, -0.05) is 6.92 Å². The molecule has 1 rings (SSSR count). The fourth-order valence-electron chi connectivity index (χ4n) is 2.02. The maximum atomic E-state index is 8.98. The first-order chi connectivity index (χ1) is 8.08. The van der Waals surface area contributed by atoms with E-state index < -0.39 is 0 Å². The minimum Gasteiger partial charge on any atom is -0.396 e. The van der Waals surface area contributed by atoms with E-state index in [9.17, 15) is 0 Å². The average molecular weight is 237 g/mol. The van der Waals surface area contributed by atoms with Crippen LogP contribution in [0.5, 0.6) is 0 Å². The van der Waals surface area contributed by atoms with Crippen LogP contribution in [0.2, 0.25) is 0 Å². The number of nitrogens with one attached hydrogen (secondary N) is 1. The van der Waals surface area contributed by atoms with E-state index in [-0.39, 0.29) is 12.6 Å². The summed E-state index contributed by atoms with van der Waals surface area (Å²) in [4.78, 5) is 8.61. The largest absolute Gasteiger partial charge is 0.396 e. The Bertz CT molecular complexity index is 355. The van der Waals surface area contributed by atoms with Crippen molar-refractivity contribution in [1.82, 2.24) is 15.3 Å². The Morgan fingerprint density at radius 3 is 2.65 bits per heavy atom. The van der Waals surface area contributed by atoms with E-state index in [0.29, 0.717) is 6.04 Å². The molecule has 0 aromatic carbocycles. The van der Waals surface area contributed by atoms with Crippen molar-refractivity contribution in [2.45, 2.75) is 52.6 Å². The first kappa shape index (κ1) is 14.1. The molecule has 0 aliphatic carbocycles. The number of rotatable bonds is 6. The van der Waals surface area contributed by atoms with Gasteiger partial charge in [0.2, 0.25) is 0 Å². The number of aliphatic hydroxyl groups is 1. The Balaban J connectivity index is 2.71. The van der Waals surface area contributed by atoms with Gasteiger partial charge in [-0.3, -0.25) is 0 Å². The van der Waals surface area contributed by atoms with E-state index in [0.717, 1.165) is 29.9 Å². The smallest absolute Gasteiger partial charge is 0.125 e. The maximum absolute atomic E-state index is 8.98. The lowest BCUT2D eigenvalue weighted by Gasteiger charge is -2.22. The van der Waals surface area contributed by atoms with Gasteiger partial charge in [0.05, 0.1) is 0 Å². The minimum atomic E-state index is 0.215. The van der Waals surface area contributed by atoms with E-state index in [1.165, 1.54) is 0 Å². The fourth-order valence-corrected chi connectivity index (χ4v) is 2.02. The van der Waals surface area contributed by atoms with Crippen LogP contribution in [0.4, 0.5) is 0 Å². The third-order valence-corrected chi connectivity index (χ3v) is 3.06. The summed E-state index contributed by atoms with van der Waals surface area (Å²) in [7, 11) is 0. The zero-order chi connectivity index (χ0) is 12.8. The summed E-state index contributed by atoms with van der Waals surface area (Å²) in [5.74, 6) is 0.806. The van der Waals surface area contributed by atoms with Gasteiger partial charge >= 0.3 is 0 Å². The van der Waals surface area contributed by atoms with Crippen molar-refractivity contribution in [3.8, 4) is 0 Å². The lowest BCUT2D eigenvalue weighted by atomic mass is 10.1. The quantitative estimate of drug-likeness (QED) is 0.793. The molecule has 0 saturated heterocycles. The molecule has 2 atom stereocenters. The van der Waals surface area contributed by atoms with Crippen LogP contribution in [0.3, 0.4) is 0 Å². The predicted octanol–water partition coefficient (Wildman–Crippen LogP) is 1.91. The van der Waals surface area contributed by atoms with Crippen molar-refractivity contribution in [3.05, 3.63) is 23.3 Å². The first-order valence-electron chi connectivity index (χ1n) is 6.25. The van der Waals surface area contributed by atoms with E-state index in [1.54, 1.807) is 0 Å². The molecule has 2 unspecified atom stereocenters. The zero-order valence-corrected chi connectivity index (χ0v) is 11.2. The molecule has 4 nitrogen and oxygen atoms in total. The van der Waals surface area contributed by atoms with Crippen LogP contribution in [0.1, 0.15) is 49.8 Å². The Morgan fingerprint density at radius 2 is 2.12 bits per heavy atom. The van der Waals surface area contributed by atoms with Gasteiger partial charge in [-0.25, -0.2) is 9.97 Å². The number of aliphatic hydroxyl groups excluding tert-OH is 1. The van der Waals surface area contributed by atoms with E-state index in [4.69, 9.17) is 5.11 Å². The van der Waals surface area contributed by atoms with Crippen LogP contribution in [-0.4, -0.2) is 27.7 Å². The standard InChI is InChI=1S/C13H23N3O/c1-5-12(6-7-17)16-10(3)13-8-14-11(4)15-9(13)2/h8,10,12,16-17H,5-7H2,1-4H3. The minimum absolute atomic E-state index is 0.215. The van der Waals surface area contributed by atoms with Gasteiger partial charge in [-0.15, -0.1) is 0 Å². The van der Waals surface area contributed by atoms with Crippen LogP contribution >= 0.6 is 0 Å². The second-order valence-electron chi connectivity index (χ2n) is 4.46. The second kappa shape index (κ2) is 6.67. The lowest BCUT2D eigenvalue weighted by molar-refractivity contribution is 0.257. The van der Waals surface area contributed by atoms with Gasteiger partial charge in [-0.2, -0.15) is 0 Å². The summed E-state index contributed by atoms with van der Waals surface area (Å²) in [5, 5.41) is 12.5. The van der Waals surface area contributed by atoms with Crippen molar-refractivity contribution in [2.24, 2.45) is 0 Å². The van der Waals surface area contributed by atoms with Crippen LogP contribution in [0.15, 0.2) is 6.20 Å². The Kier molecular flexibility index (Phi) is 5.51. The molecule has 1 aromatic heterocycles. The molecular formula is C13H23N3O. The van der Waals surface area contributed by atoms with Crippen molar-refractivity contribution in [3.63, 3.8) is 0 Å². The highest BCUT2D eigenvalue weighted by atomic mass is 16.3. The number of hydrogen-bond donors (Lipinski definition) is 2. The van der Waals surface area contributed by atoms with Gasteiger partial charge in [0, 0.05) is 36.1 Å². The molecule has 0 aliphatic rings. The topological polar surface area (TPSA) is 58.0 Å². The van der Waals surface area contributed by atoms with Crippen molar-refractivity contribution in [2.75, 3.05) is 6.61 Å². The van der Waals surface area contributed by atoms with Gasteiger partial charge in [0.15, 0.2) is 0 Å². The molecule has 0 radical (unpaired) electrons. The maximum Gasteiger partial charge on any atom is 0.125 e. The number of aryl methyl sites for hydroxylation is 2. The summed E-state index contributed by atoms with van der Waals surface area (Å²) < 4.78 is 0. The molecule has 2 N–H and O–H groups in total. The third kappa shape index (κ3) is 4.06. The summed E-state index contributed by atoms with van der Waals surface area (Å²) in [6.45, 7) is 8.37. The van der Waals surface area contributed by atoms with Crippen LogP contribution in [-0.2, 0) is 0 Å². The van der Waals surface area contributed by atoms with Crippen LogP contribution in [0.25, 0.3) is 0 Å². The highest BCUT2D eigenvalue weighted by Crippen LogP contribution is 2.16. The number of nitrogens with zero attached hydrogens (tertiary/aromatic N) is 2. The Labute approximate surface area is 103 Å². The molecule has 1 heterocycles. The molecule has 0 amide bonds. The third-order valence-electron chi connectivity index (χ3n) is 3.06. The van der Waals surface area contributed by atoms with E-state index >= 15 is 0 Å². The number of aromatic nitrogens is 2.